The molecule has 8 nitrogen and oxygen atoms in total. The molecule has 35 heavy (non-hydrogen) atoms. The second-order valence-corrected chi connectivity index (χ2v) is 10.6. The molecule has 9 heteroatoms. The average Bonchev–Trinajstić information content (AvgIpc) is 2.81. The molecule has 0 aromatic carbocycles. The van der Waals surface area contributed by atoms with Crippen LogP contribution < -0.4 is 0 Å². The van der Waals surface area contributed by atoms with Gasteiger partial charge in [0.2, 0.25) is 0 Å². The van der Waals surface area contributed by atoms with E-state index in [1.54, 1.807) is 0 Å². The molecule has 0 rings (SSSR count). The Labute approximate surface area is 213 Å². The molecule has 0 bridgehead atoms. The number of unbranched alkanes of at least 4 members (excludes halogenated alkanes) is 15. The van der Waals surface area contributed by atoms with E-state index in [1.165, 1.54) is 64.2 Å². The number of esters is 2. The van der Waals surface area contributed by atoms with E-state index >= 15 is 0 Å². The predicted molar refractivity (Wildman–Crippen MR) is 138 cm³/mol. The molecule has 0 aliphatic heterocycles. The Morgan fingerprint density at radius 1 is 0.629 bits per heavy atom. The summed E-state index contributed by atoms with van der Waals surface area (Å²) in [5.41, 5.74) is 0. The Kier molecular flexibility index (Phi) is 22.8. The molecule has 0 aromatic rings. The highest BCUT2D eigenvalue weighted by Crippen LogP contribution is 2.35. The molecule has 208 valence electrons. The number of phosphoric acid groups is 1. The molecule has 0 amide bonds. The largest absolute Gasteiger partial charge is 0.469 e. The van der Waals surface area contributed by atoms with Crippen LogP contribution in [0.1, 0.15) is 136 Å². The van der Waals surface area contributed by atoms with Crippen molar-refractivity contribution >= 4 is 19.8 Å². The molecule has 0 saturated heterocycles. The zero-order valence-electron chi connectivity index (χ0n) is 22.2. The minimum atomic E-state index is -4.72. The molecular formula is C26H51O8P. The van der Waals surface area contributed by atoms with Gasteiger partial charge in [0.1, 0.15) is 6.61 Å². The SMILES string of the molecule is CCCCCCCCCCCC(=O)O[C@H](COC(=O)CCCCCCCCCC)COP(=O)(O)O. The van der Waals surface area contributed by atoms with Crippen LogP contribution in [0.2, 0.25) is 0 Å². The van der Waals surface area contributed by atoms with E-state index in [0.29, 0.717) is 6.42 Å². The van der Waals surface area contributed by atoms with Crippen LogP contribution in [0.4, 0.5) is 0 Å². The predicted octanol–water partition coefficient (Wildman–Crippen LogP) is 7.00. The quantitative estimate of drug-likeness (QED) is 0.0747. The lowest BCUT2D eigenvalue weighted by Crippen LogP contribution is -2.29. The van der Waals surface area contributed by atoms with Gasteiger partial charge in [0, 0.05) is 12.8 Å². The van der Waals surface area contributed by atoms with Crippen LogP contribution in [0.25, 0.3) is 0 Å². The van der Waals surface area contributed by atoms with Gasteiger partial charge in [0.25, 0.3) is 0 Å². The molecule has 0 heterocycles. The lowest BCUT2D eigenvalue weighted by atomic mass is 10.1. The molecule has 0 unspecified atom stereocenters. The summed E-state index contributed by atoms with van der Waals surface area (Å²) in [6, 6.07) is 0. The zero-order chi connectivity index (χ0) is 26.2. The first-order valence-corrected chi connectivity index (χ1v) is 15.4. The number of carbonyl (C=O) groups excluding carboxylic acids is 2. The van der Waals surface area contributed by atoms with Gasteiger partial charge in [-0.05, 0) is 12.8 Å². The van der Waals surface area contributed by atoms with Gasteiger partial charge >= 0.3 is 19.8 Å². The second kappa shape index (κ2) is 23.4. The number of phosphoric ester groups is 1. The topological polar surface area (TPSA) is 119 Å². The number of ether oxygens (including phenoxy) is 2. The van der Waals surface area contributed by atoms with Crippen LogP contribution in [0.3, 0.4) is 0 Å². The van der Waals surface area contributed by atoms with Crippen molar-refractivity contribution in [3.05, 3.63) is 0 Å². The number of hydrogen-bond acceptors (Lipinski definition) is 6. The maximum Gasteiger partial charge on any atom is 0.469 e. The smallest absolute Gasteiger partial charge is 0.462 e. The maximum atomic E-state index is 12.2. The molecule has 0 aromatic heterocycles. The summed E-state index contributed by atoms with van der Waals surface area (Å²) in [6.07, 6.45) is 18.5. The Balaban J connectivity index is 4.11. The fraction of sp³-hybridized carbons (Fsp3) is 0.923. The van der Waals surface area contributed by atoms with E-state index in [0.717, 1.165) is 38.5 Å². The number of hydrogen-bond donors (Lipinski definition) is 2. The minimum Gasteiger partial charge on any atom is -0.462 e. The molecule has 2 N–H and O–H groups in total. The van der Waals surface area contributed by atoms with E-state index < -0.39 is 32.5 Å². The van der Waals surface area contributed by atoms with Crippen molar-refractivity contribution in [1.82, 2.24) is 0 Å². The van der Waals surface area contributed by atoms with Gasteiger partial charge < -0.3 is 19.3 Å². The van der Waals surface area contributed by atoms with Crippen molar-refractivity contribution in [2.24, 2.45) is 0 Å². The molecular weight excluding hydrogens is 471 g/mol. The molecule has 0 fully saturated rings. The first kappa shape index (κ1) is 34.0. The highest BCUT2D eigenvalue weighted by atomic mass is 31.2. The molecule has 0 aliphatic rings. The third-order valence-corrected chi connectivity index (χ3v) is 6.36. The first-order chi connectivity index (χ1) is 16.8. The fourth-order valence-electron chi connectivity index (χ4n) is 3.78. The summed E-state index contributed by atoms with van der Waals surface area (Å²) in [5.74, 6) is -0.890. The van der Waals surface area contributed by atoms with E-state index in [9.17, 15) is 14.2 Å². The Morgan fingerprint density at radius 2 is 1.03 bits per heavy atom. The van der Waals surface area contributed by atoms with E-state index in [-0.39, 0.29) is 19.4 Å². The number of rotatable bonds is 25. The Morgan fingerprint density at radius 3 is 1.46 bits per heavy atom. The van der Waals surface area contributed by atoms with E-state index in [4.69, 9.17) is 19.3 Å². The lowest BCUT2D eigenvalue weighted by Gasteiger charge is -2.18. The summed E-state index contributed by atoms with van der Waals surface area (Å²) >= 11 is 0. The van der Waals surface area contributed by atoms with E-state index in [1.807, 2.05) is 0 Å². The van der Waals surface area contributed by atoms with Crippen LogP contribution in [-0.4, -0.2) is 41.0 Å². The Bertz CT molecular complexity index is 564. The van der Waals surface area contributed by atoms with Crippen molar-refractivity contribution in [2.45, 2.75) is 142 Å². The van der Waals surface area contributed by atoms with Gasteiger partial charge in [-0.25, -0.2) is 4.57 Å². The van der Waals surface area contributed by atoms with Crippen molar-refractivity contribution in [1.29, 1.82) is 0 Å². The van der Waals surface area contributed by atoms with Crippen LogP contribution in [0, 0.1) is 0 Å². The summed E-state index contributed by atoms with van der Waals surface area (Å²) in [6.45, 7) is 3.58. The van der Waals surface area contributed by atoms with Crippen molar-refractivity contribution < 1.29 is 37.9 Å². The van der Waals surface area contributed by atoms with Crippen LogP contribution in [-0.2, 0) is 28.2 Å². The highest BCUT2D eigenvalue weighted by Gasteiger charge is 2.22. The Hall–Kier alpha value is -0.950. The average molecular weight is 523 g/mol. The van der Waals surface area contributed by atoms with Gasteiger partial charge in [0.05, 0.1) is 6.61 Å². The van der Waals surface area contributed by atoms with Gasteiger partial charge in [-0.2, -0.15) is 0 Å². The van der Waals surface area contributed by atoms with Crippen molar-refractivity contribution in [3.63, 3.8) is 0 Å². The van der Waals surface area contributed by atoms with Crippen LogP contribution in [0.15, 0.2) is 0 Å². The first-order valence-electron chi connectivity index (χ1n) is 13.8. The fourth-order valence-corrected chi connectivity index (χ4v) is 4.14. The summed E-state index contributed by atoms with van der Waals surface area (Å²) < 4.78 is 26.0. The van der Waals surface area contributed by atoms with Crippen molar-refractivity contribution in [3.8, 4) is 0 Å². The van der Waals surface area contributed by atoms with Gasteiger partial charge in [-0.1, -0.05) is 110 Å². The third-order valence-electron chi connectivity index (χ3n) is 5.88. The van der Waals surface area contributed by atoms with Crippen molar-refractivity contribution in [2.75, 3.05) is 13.2 Å². The van der Waals surface area contributed by atoms with Crippen LogP contribution >= 0.6 is 7.82 Å². The maximum absolute atomic E-state index is 12.2. The standard InChI is InChI=1S/C26H51O8P/c1-3-5-7-9-11-13-15-17-19-21-26(28)34-24(23-33-35(29,30)31)22-32-25(27)20-18-16-14-12-10-8-6-4-2/h24H,3-23H2,1-2H3,(H2,29,30,31)/t24-/m1/s1. The highest BCUT2D eigenvalue weighted by molar-refractivity contribution is 7.46. The molecule has 0 aliphatic carbocycles. The second-order valence-electron chi connectivity index (χ2n) is 9.38. The van der Waals surface area contributed by atoms with Gasteiger partial charge in [0.15, 0.2) is 6.10 Å². The van der Waals surface area contributed by atoms with E-state index in [2.05, 4.69) is 18.4 Å². The molecule has 0 saturated carbocycles. The molecule has 1 atom stereocenters. The minimum absolute atomic E-state index is 0.217. The van der Waals surface area contributed by atoms with Gasteiger partial charge in [-0.15, -0.1) is 0 Å². The zero-order valence-corrected chi connectivity index (χ0v) is 23.1. The monoisotopic (exact) mass is 522 g/mol. The summed E-state index contributed by atoms with van der Waals surface area (Å²) in [5, 5.41) is 0. The summed E-state index contributed by atoms with van der Waals surface area (Å²) in [4.78, 5) is 42.1. The summed E-state index contributed by atoms with van der Waals surface area (Å²) in [7, 11) is -4.72. The normalized spacial score (nSPS) is 12.5. The van der Waals surface area contributed by atoms with Gasteiger partial charge in [-0.3, -0.25) is 14.1 Å². The van der Waals surface area contributed by atoms with Crippen LogP contribution in [0.5, 0.6) is 0 Å². The lowest BCUT2D eigenvalue weighted by molar-refractivity contribution is -0.161. The molecule has 0 spiro atoms. The number of carbonyl (C=O) groups is 2. The molecule has 0 radical (unpaired) electrons. The third kappa shape index (κ3) is 25.9.